The standard InChI is InChI=1S/C20H26N4/c1-15-4-2-6-19(21-15)23-20-7-3-5-18(22-20)17-10-12-24(13-11-17)14-16-8-9-16/h2-7,16-17H,8-14H2,1H3,(H,21,22,23). The fraction of sp³-hybridized carbons (Fsp3) is 0.500. The van der Waals surface area contributed by atoms with E-state index >= 15 is 0 Å². The smallest absolute Gasteiger partial charge is 0.131 e. The average Bonchev–Trinajstić information content (AvgIpc) is 3.40. The maximum Gasteiger partial charge on any atom is 0.131 e. The van der Waals surface area contributed by atoms with Gasteiger partial charge in [0.25, 0.3) is 0 Å². The molecule has 1 aliphatic carbocycles. The van der Waals surface area contributed by atoms with Crippen LogP contribution in [0, 0.1) is 12.8 Å². The van der Waals surface area contributed by atoms with Crippen LogP contribution in [0.15, 0.2) is 36.4 Å². The summed E-state index contributed by atoms with van der Waals surface area (Å²) in [7, 11) is 0. The molecule has 2 aromatic rings. The molecule has 4 rings (SSSR count). The maximum absolute atomic E-state index is 4.85. The van der Waals surface area contributed by atoms with Gasteiger partial charge in [0, 0.05) is 23.9 Å². The van der Waals surface area contributed by atoms with Gasteiger partial charge in [-0.2, -0.15) is 0 Å². The molecule has 2 fully saturated rings. The van der Waals surface area contributed by atoms with Crippen molar-refractivity contribution in [3.63, 3.8) is 0 Å². The van der Waals surface area contributed by atoms with Crippen LogP contribution in [0.2, 0.25) is 0 Å². The van der Waals surface area contributed by atoms with Crippen molar-refractivity contribution in [2.75, 3.05) is 25.0 Å². The molecule has 1 saturated heterocycles. The summed E-state index contributed by atoms with van der Waals surface area (Å²) in [5.74, 6) is 3.34. The van der Waals surface area contributed by atoms with Crippen molar-refractivity contribution in [1.82, 2.24) is 14.9 Å². The normalized spacial score (nSPS) is 19.4. The summed E-state index contributed by atoms with van der Waals surface area (Å²) in [6, 6.07) is 12.3. The second-order valence-electron chi connectivity index (χ2n) is 7.26. The Kier molecular flexibility index (Phi) is 4.48. The number of hydrogen-bond acceptors (Lipinski definition) is 4. The predicted molar refractivity (Wildman–Crippen MR) is 97.6 cm³/mol. The third kappa shape index (κ3) is 3.93. The van der Waals surface area contributed by atoms with E-state index < -0.39 is 0 Å². The molecule has 0 amide bonds. The van der Waals surface area contributed by atoms with Crippen molar-refractivity contribution in [1.29, 1.82) is 0 Å². The molecular formula is C20H26N4. The monoisotopic (exact) mass is 322 g/mol. The number of nitrogens with one attached hydrogen (secondary N) is 1. The minimum atomic E-state index is 0.590. The number of rotatable bonds is 5. The zero-order valence-corrected chi connectivity index (χ0v) is 14.4. The highest BCUT2D eigenvalue weighted by atomic mass is 15.1. The number of pyridine rings is 2. The lowest BCUT2D eigenvalue weighted by Gasteiger charge is -2.31. The minimum absolute atomic E-state index is 0.590. The van der Waals surface area contributed by atoms with Crippen molar-refractivity contribution in [2.45, 2.75) is 38.5 Å². The highest BCUT2D eigenvalue weighted by molar-refractivity contribution is 5.51. The van der Waals surface area contributed by atoms with Gasteiger partial charge in [0.05, 0.1) is 0 Å². The first kappa shape index (κ1) is 15.6. The Balaban J connectivity index is 1.39. The molecule has 0 spiro atoms. The van der Waals surface area contributed by atoms with Crippen LogP contribution in [0.3, 0.4) is 0 Å². The summed E-state index contributed by atoms with van der Waals surface area (Å²) in [4.78, 5) is 12.0. The molecule has 4 heteroatoms. The molecule has 0 atom stereocenters. The maximum atomic E-state index is 4.85. The molecule has 1 N–H and O–H groups in total. The van der Waals surface area contributed by atoms with Gasteiger partial charge in [-0.25, -0.2) is 9.97 Å². The second-order valence-corrected chi connectivity index (χ2v) is 7.26. The third-order valence-electron chi connectivity index (χ3n) is 5.13. The predicted octanol–water partition coefficient (Wildman–Crippen LogP) is 4.12. The van der Waals surface area contributed by atoms with E-state index in [2.05, 4.69) is 27.3 Å². The first-order valence-corrected chi connectivity index (χ1v) is 9.16. The zero-order chi connectivity index (χ0) is 16.4. The number of anilines is 2. The molecule has 4 nitrogen and oxygen atoms in total. The molecule has 1 saturated carbocycles. The molecule has 126 valence electrons. The number of piperidine rings is 1. The molecule has 0 bridgehead atoms. The lowest BCUT2D eigenvalue weighted by Crippen LogP contribution is -2.34. The quantitative estimate of drug-likeness (QED) is 0.899. The lowest BCUT2D eigenvalue weighted by atomic mass is 9.93. The van der Waals surface area contributed by atoms with Crippen molar-refractivity contribution in [3.8, 4) is 0 Å². The molecule has 0 unspecified atom stereocenters. The summed E-state index contributed by atoms with van der Waals surface area (Å²) >= 11 is 0. The number of nitrogens with zero attached hydrogens (tertiary/aromatic N) is 3. The summed E-state index contributed by atoms with van der Waals surface area (Å²) in [5, 5.41) is 3.33. The topological polar surface area (TPSA) is 41.0 Å². The van der Waals surface area contributed by atoms with Crippen LogP contribution in [0.5, 0.6) is 0 Å². The van der Waals surface area contributed by atoms with Gasteiger partial charge >= 0.3 is 0 Å². The lowest BCUT2D eigenvalue weighted by molar-refractivity contribution is 0.203. The Morgan fingerprint density at radius 1 is 0.958 bits per heavy atom. The van der Waals surface area contributed by atoms with Gasteiger partial charge in [-0.3, -0.25) is 0 Å². The second kappa shape index (κ2) is 6.89. The van der Waals surface area contributed by atoms with Gasteiger partial charge in [0.2, 0.25) is 0 Å². The highest BCUT2D eigenvalue weighted by Gasteiger charge is 2.27. The molecule has 24 heavy (non-hydrogen) atoms. The Labute approximate surface area is 144 Å². The van der Waals surface area contributed by atoms with Crippen LogP contribution in [0.1, 0.15) is 43.0 Å². The van der Waals surface area contributed by atoms with Gasteiger partial charge < -0.3 is 10.2 Å². The Hall–Kier alpha value is -1.94. The van der Waals surface area contributed by atoms with Gasteiger partial charge in [-0.15, -0.1) is 0 Å². The van der Waals surface area contributed by atoms with Crippen LogP contribution in [-0.4, -0.2) is 34.5 Å². The van der Waals surface area contributed by atoms with Gasteiger partial charge in [0.1, 0.15) is 11.6 Å². The Morgan fingerprint density at radius 3 is 2.38 bits per heavy atom. The first-order valence-electron chi connectivity index (χ1n) is 9.16. The Bertz CT molecular complexity index is 688. The Morgan fingerprint density at radius 2 is 1.67 bits per heavy atom. The third-order valence-corrected chi connectivity index (χ3v) is 5.13. The van der Waals surface area contributed by atoms with Crippen molar-refractivity contribution >= 4 is 11.6 Å². The molecule has 3 heterocycles. The van der Waals surface area contributed by atoms with Crippen molar-refractivity contribution in [2.24, 2.45) is 5.92 Å². The summed E-state index contributed by atoms with van der Waals surface area (Å²) in [6.07, 6.45) is 5.35. The van der Waals surface area contributed by atoms with Crippen LogP contribution in [-0.2, 0) is 0 Å². The number of aromatic nitrogens is 2. The first-order chi connectivity index (χ1) is 11.8. The van der Waals surface area contributed by atoms with Crippen molar-refractivity contribution in [3.05, 3.63) is 47.8 Å². The molecule has 2 aliphatic rings. The number of aryl methyl sites for hydroxylation is 1. The van der Waals surface area contributed by atoms with Crippen LogP contribution < -0.4 is 5.32 Å². The highest BCUT2D eigenvalue weighted by Crippen LogP contribution is 2.33. The largest absolute Gasteiger partial charge is 0.325 e. The van der Waals surface area contributed by atoms with Gasteiger partial charge in [-0.05, 0) is 75.9 Å². The molecule has 0 radical (unpaired) electrons. The molecular weight excluding hydrogens is 296 g/mol. The zero-order valence-electron chi connectivity index (χ0n) is 14.4. The van der Waals surface area contributed by atoms with E-state index in [9.17, 15) is 0 Å². The fourth-order valence-electron chi connectivity index (χ4n) is 3.57. The molecule has 0 aromatic carbocycles. The van der Waals surface area contributed by atoms with Crippen molar-refractivity contribution < 1.29 is 0 Å². The van der Waals surface area contributed by atoms with E-state index in [0.717, 1.165) is 23.2 Å². The fourth-order valence-corrected chi connectivity index (χ4v) is 3.57. The van der Waals surface area contributed by atoms with E-state index in [1.165, 1.54) is 51.0 Å². The number of likely N-dealkylation sites (tertiary alicyclic amines) is 1. The van der Waals surface area contributed by atoms with Crippen LogP contribution in [0.25, 0.3) is 0 Å². The van der Waals surface area contributed by atoms with Crippen LogP contribution in [0.4, 0.5) is 11.6 Å². The minimum Gasteiger partial charge on any atom is -0.325 e. The number of hydrogen-bond donors (Lipinski definition) is 1. The summed E-state index contributed by atoms with van der Waals surface area (Å²) < 4.78 is 0. The molecule has 1 aliphatic heterocycles. The average molecular weight is 322 g/mol. The SMILES string of the molecule is Cc1cccc(Nc2cccc(C3CCN(CC4CC4)CC3)n2)n1. The van der Waals surface area contributed by atoms with E-state index in [1.54, 1.807) is 0 Å². The van der Waals surface area contributed by atoms with E-state index in [4.69, 9.17) is 4.98 Å². The van der Waals surface area contributed by atoms with Gasteiger partial charge in [0.15, 0.2) is 0 Å². The van der Waals surface area contributed by atoms with E-state index in [0.29, 0.717) is 5.92 Å². The van der Waals surface area contributed by atoms with Crippen LogP contribution >= 0.6 is 0 Å². The van der Waals surface area contributed by atoms with E-state index in [1.807, 2.05) is 31.2 Å². The molecule has 2 aromatic heterocycles. The van der Waals surface area contributed by atoms with E-state index in [-0.39, 0.29) is 0 Å². The summed E-state index contributed by atoms with van der Waals surface area (Å²) in [6.45, 7) is 5.77. The van der Waals surface area contributed by atoms with Gasteiger partial charge in [-0.1, -0.05) is 12.1 Å². The summed E-state index contributed by atoms with van der Waals surface area (Å²) in [5.41, 5.74) is 2.23.